The Morgan fingerprint density at radius 1 is 1.03 bits per heavy atom. The maximum Gasteiger partial charge on any atom is 0.266 e. The predicted octanol–water partition coefficient (Wildman–Crippen LogP) is 5.93. The molecule has 1 atom stereocenters. The van der Waals surface area contributed by atoms with Crippen molar-refractivity contribution in [3.05, 3.63) is 92.7 Å². The molecular weight excluding hydrogens is 442 g/mol. The van der Waals surface area contributed by atoms with Crippen LogP contribution in [-0.2, 0) is 11.2 Å². The van der Waals surface area contributed by atoms with E-state index in [1.165, 1.54) is 0 Å². The molecule has 0 aliphatic rings. The van der Waals surface area contributed by atoms with Crippen LogP contribution in [0.2, 0.25) is 0 Å². The number of hydrogen-bond donors (Lipinski definition) is 0. The molecule has 0 saturated heterocycles. The van der Waals surface area contributed by atoms with Crippen molar-refractivity contribution >= 4 is 28.1 Å². The molecule has 0 N–H and O–H groups in total. The summed E-state index contributed by atoms with van der Waals surface area (Å²) in [5.74, 6) is 1.08. The van der Waals surface area contributed by atoms with Crippen LogP contribution in [0.1, 0.15) is 49.5 Å². The van der Waals surface area contributed by atoms with E-state index in [2.05, 4.69) is 13.8 Å². The van der Waals surface area contributed by atoms with Crippen LogP contribution in [0.3, 0.4) is 0 Å². The summed E-state index contributed by atoms with van der Waals surface area (Å²) in [5, 5.41) is 2.56. The Hall–Kier alpha value is -3.25. The van der Waals surface area contributed by atoms with Gasteiger partial charge >= 0.3 is 0 Å². The molecule has 2 aromatic heterocycles. The van der Waals surface area contributed by atoms with Gasteiger partial charge in [-0.3, -0.25) is 14.2 Å². The molecule has 1 amide bonds. The van der Waals surface area contributed by atoms with Crippen molar-refractivity contribution in [2.75, 3.05) is 6.54 Å². The number of carbonyl (C=O) groups excluding carboxylic acids is 1. The van der Waals surface area contributed by atoms with Gasteiger partial charge in [-0.05, 0) is 61.9 Å². The number of carbonyl (C=O) groups is 1. The standard InChI is InChI=1S/C28H31N3O2S/c1-19(2)15-16-30(26(32)18-23-8-7-17-34-23)21(4)27-29-25-10-6-5-9-24(25)28(33)31(27)22-13-11-20(3)12-14-22/h5-14,17,19,21H,15-16,18H2,1-4H3. The Bertz CT molecular complexity index is 1320. The van der Waals surface area contributed by atoms with Crippen LogP contribution in [-0.4, -0.2) is 26.9 Å². The zero-order valence-electron chi connectivity index (χ0n) is 20.2. The molecule has 2 heterocycles. The summed E-state index contributed by atoms with van der Waals surface area (Å²) >= 11 is 1.59. The van der Waals surface area contributed by atoms with Crippen molar-refractivity contribution in [2.24, 2.45) is 5.92 Å². The summed E-state index contributed by atoms with van der Waals surface area (Å²) in [4.78, 5) is 35.0. The Morgan fingerprint density at radius 2 is 1.76 bits per heavy atom. The topological polar surface area (TPSA) is 55.2 Å². The number of aryl methyl sites for hydroxylation is 1. The van der Waals surface area contributed by atoms with Gasteiger partial charge in [0.1, 0.15) is 5.82 Å². The summed E-state index contributed by atoms with van der Waals surface area (Å²) in [6, 6.07) is 18.9. The highest BCUT2D eigenvalue weighted by molar-refractivity contribution is 7.10. The highest BCUT2D eigenvalue weighted by atomic mass is 32.1. The van der Waals surface area contributed by atoms with Crippen LogP contribution in [0.5, 0.6) is 0 Å². The second kappa shape index (κ2) is 10.3. The fourth-order valence-corrected chi connectivity index (χ4v) is 4.80. The van der Waals surface area contributed by atoms with Crippen molar-refractivity contribution in [1.82, 2.24) is 14.5 Å². The Balaban J connectivity index is 1.84. The summed E-state index contributed by atoms with van der Waals surface area (Å²) < 4.78 is 1.67. The molecule has 176 valence electrons. The molecule has 0 spiro atoms. The second-order valence-corrected chi connectivity index (χ2v) is 10.2. The maximum absolute atomic E-state index is 13.7. The van der Waals surface area contributed by atoms with Crippen LogP contribution >= 0.6 is 11.3 Å². The van der Waals surface area contributed by atoms with Crippen molar-refractivity contribution in [2.45, 2.75) is 46.6 Å². The van der Waals surface area contributed by atoms with Gasteiger partial charge in [0.05, 0.1) is 29.1 Å². The van der Waals surface area contributed by atoms with Crippen LogP contribution < -0.4 is 5.56 Å². The molecule has 5 nitrogen and oxygen atoms in total. The minimum atomic E-state index is -0.371. The van der Waals surface area contributed by atoms with Crippen LogP contribution in [0.25, 0.3) is 16.6 Å². The lowest BCUT2D eigenvalue weighted by molar-refractivity contribution is -0.133. The van der Waals surface area contributed by atoms with Gasteiger partial charge in [0.2, 0.25) is 5.91 Å². The number of hydrogen-bond acceptors (Lipinski definition) is 4. The molecule has 0 aliphatic carbocycles. The molecule has 2 aromatic carbocycles. The smallest absolute Gasteiger partial charge is 0.266 e. The monoisotopic (exact) mass is 473 g/mol. The van der Waals surface area contributed by atoms with E-state index in [9.17, 15) is 9.59 Å². The number of para-hydroxylation sites is 1. The van der Waals surface area contributed by atoms with Gasteiger partial charge in [-0.1, -0.05) is 49.7 Å². The molecule has 0 bridgehead atoms. The lowest BCUT2D eigenvalue weighted by atomic mass is 10.1. The van der Waals surface area contributed by atoms with Crippen LogP contribution in [0.15, 0.2) is 70.8 Å². The number of thiophene rings is 1. The first kappa shape index (κ1) is 23.9. The van der Waals surface area contributed by atoms with E-state index in [4.69, 9.17) is 4.98 Å². The number of rotatable bonds is 8. The van der Waals surface area contributed by atoms with Crippen LogP contribution in [0.4, 0.5) is 0 Å². The molecule has 0 aliphatic heterocycles. The van der Waals surface area contributed by atoms with Gasteiger partial charge in [-0.15, -0.1) is 11.3 Å². The first-order valence-corrected chi connectivity index (χ1v) is 12.6. The number of nitrogens with zero attached hydrogens (tertiary/aromatic N) is 3. The third-order valence-corrected chi connectivity index (χ3v) is 6.98. The number of benzene rings is 2. The summed E-state index contributed by atoms with van der Waals surface area (Å²) in [5.41, 5.74) is 2.40. The number of amides is 1. The quantitative estimate of drug-likeness (QED) is 0.318. The fraction of sp³-hybridized carbons (Fsp3) is 0.321. The molecule has 0 radical (unpaired) electrons. The Labute approximate surface area is 204 Å². The molecule has 0 fully saturated rings. The first-order chi connectivity index (χ1) is 16.3. The maximum atomic E-state index is 13.7. The Kier molecular flexibility index (Phi) is 7.27. The Morgan fingerprint density at radius 3 is 2.44 bits per heavy atom. The fourth-order valence-electron chi connectivity index (χ4n) is 4.11. The summed E-state index contributed by atoms with van der Waals surface area (Å²) in [7, 11) is 0. The molecule has 4 aromatic rings. The molecule has 4 rings (SSSR count). The van der Waals surface area contributed by atoms with Gasteiger partial charge in [-0.2, -0.15) is 0 Å². The molecular formula is C28H31N3O2S. The third-order valence-electron chi connectivity index (χ3n) is 6.11. The van der Waals surface area contributed by atoms with E-state index in [1.807, 2.05) is 84.8 Å². The summed E-state index contributed by atoms with van der Waals surface area (Å²) in [6.45, 7) is 8.92. The van der Waals surface area contributed by atoms with Crippen molar-refractivity contribution in [3.63, 3.8) is 0 Å². The molecule has 0 saturated carbocycles. The predicted molar refractivity (Wildman–Crippen MR) is 140 cm³/mol. The van der Waals surface area contributed by atoms with Crippen molar-refractivity contribution in [3.8, 4) is 5.69 Å². The molecule has 6 heteroatoms. The SMILES string of the molecule is Cc1ccc(-n2c(C(C)N(CCC(C)C)C(=O)Cc3cccs3)nc3ccccc3c2=O)cc1. The van der Waals surface area contributed by atoms with Gasteiger partial charge in [0.25, 0.3) is 5.56 Å². The van der Waals surface area contributed by atoms with Crippen molar-refractivity contribution in [1.29, 1.82) is 0 Å². The minimum absolute atomic E-state index is 0.0495. The largest absolute Gasteiger partial charge is 0.332 e. The van der Waals surface area contributed by atoms with E-state index in [1.54, 1.807) is 15.9 Å². The highest BCUT2D eigenvalue weighted by Gasteiger charge is 2.27. The second-order valence-electron chi connectivity index (χ2n) is 9.17. The molecule has 34 heavy (non-hydrogen) atoms. The van der Waals surface area contributed by atoms with E-state index in [0.29, 0.717) is 35.6 Å². The van der Waals surface area contributed by atoms with E-state index in [0.717, 1.165) is 22.5 Å². The first-order valence-electron chi connectivity index (χ1n) is 11.8. The zero-order valence-corrected chi connectivity index (χ0v) is 21.0. The zero-order chi connectivity index (χ0) is 24.2. The minimum Gasteiger partial charge on any atom is -0.332 e. The average molecular weight is 474 g/mol. The van der Waals surface area contributed by atoms with E-state index in [-0.39, 0.29) is 17.5 Å². The van der Waals surface area contributed by atoms with Crippen LogP contribution in [0, 0.1) is 12.8 Å². The highest BCUT2D eigenvalue weighted by Crippen LogP contribution is 2.25. The van der Waals surface area contributed by atoms with Crippen molar-refractivity contribution < 1.29 is 4.79 Å². The van der Waals surface area contributed by atoms with E-state index >= 15 is 0 Å². The van der Waals surface area contributed by atoms with Gasteiger partial charge < -0.3 is 4.90 Å². The summed E-state index contributed by atoms with van der Waals surface area (Å²) in [6.07, 6.45) is 1.23. The third kappa shape index (κ3) is 5.12. The molecule has 1 unspecified atom stereocenters. The normalized spacial score (nSPS) is 12.3. The van der Waals surface area contributed by atoms with E-state index < -0.39 is 0 Å². The van der Waals surface area contributed by atoms with Gasteiger partial charge in [-0.25, -0.2) is 4.98 Å². The number of aromatic nitrogens is 2. The van der Waals surface area contributed by atoms with Gasteiger partial charge in [0.15, 0.2) is 0 Å². The lowest BCUT2D eigenvalue weighted by Gasteiger charge is -2.31. The number of fused-ring (bicyclic) bond motifs is 1. The van der Waals surface area contributed by atoms with Gasteiger partial charge in [0, 0.05) is 11.4 Å². The average Bonchev–Trinajstić information content (AvgIpc) is 3.32. The lowest BCUT2D eigenvalue weighted by Crippen LogP contribution is -2.39.